The maximum Gasteiger partial charge on any atom is 0.230 e. The number of amides is 1. The number of hydrogen-bond donors (Lipinski definition) is 1. The Hall–Kier alpha value is -2.51. The van der Waals surface area contributed by atoms with Crippen LogP contribution in [0.3, 0.4) is 0 Å². The van der Waals surface area contributed by atoms with Crippen LogP contribution in [-0.4, -0.2) is 15.3 Å². The van der Waals surface area contributed by atoms with Gasteiger partial charge in [0.25, 0.3) is 0 Å². The van der Waals surface area contributed by atoms with Crippen LogP contribution in [0.4, 0.5) is 10.1 Å². The molecule has 0 atom stereocenters. The zero-order chi connectivity index (χ0) is 18.1. The van der Waals surface area contributed by atoms with Gasteiger partial charge in [0.15, 0.2) is 4.96 Å². The van der Waals surface area contributed by atoms with Crippen molar-refractivity contribution in [1.29, 1.82) is 0 Å². The van der Waals surface area contributed by atoms with Crippen LogP contribution in [0.25, 0.3) is 16.2 Å². The van der Waals surface area contributed by atoms with Gasteiger partial charge in [-0.3, -0.25) is 9.20 Å². The van der Waals surface area contributed by atoms with Crippen molar-refractivity contribution in [3.8, 4) is 11.3 Å². The van der Waals surface area contributed by atoms with Gasteiger partial charge in [-0.2, -0.15) is 0 Å². The molecule has 4 aromatic rings. The van der Waals surface area contributed by atoms with Gasteiger partial charge in [-0.15, -0.1) is 11.3 Å². The molecule has 0 bridgehead atoms. The largest absolute Gasteiger partial charge is 0.326 e. The number of nitrogens with zero attached hydrogens (tertiary/aromatic N) is 2. The molecule has 0 aliphatic heterocycles. The summed E-state index contributed by atoms with van der Waals surface area (Å²) >= 11 is 4.84. The molecule has 0 radical (unpaired) electrons. The van der Waals surface area contributed by atoms with Crippen molar-refractivity contribution in [2.45, 2.75) is 6.42 Å². The molecule has 0 fully saturated rings. The van der Waals surface area contributed by atoms with Crippen LogP contribution in [0.15, 0.2) is 64.6 Å². The van der Waals surface area contributed by atoms with E-state index in [-0.39, 0.29) is 18.1 Å². The third-order valence-electron chi connectivity index (χ3n) is 3.89. The van der Waals surface area contributed by atoms with E-state index in [1.807, 2.05) is 40.2 Å². The molecule has 1 amide bonds. The predicted octanol–water partition coefficient (Wildman–Crippen LogP) is 5.15. The number of hydrogen-bond acceptors (Lipinski definition) is 3. The number of fused-ring (bicyclic) bond motifs is 1. The Morgan fingerprint density at radius 1 is 1.15 bits per heavy atom. The number of nitrogens with one attached hydrogen (secondary N) is 1. The Bertz CT molecular complexity index is 1070. The second-order valence-electron chi connectivity index (χ2n) is 5.74. The van der Waals surface area contributed by atoms with E-state index < -0.39 is 0 Å². The Balaban J connectivity index is 1.54. The minimum absolute atomic E-state index is 0.0935. The molecule has 4 rings (SSSR count). The van der Waals surface area contributed by atoms with Crippen molar-refractivity contribution in [3.05, 3.63) is 76.1 Å². The summed E-state index contributed by atoms with van der Waals surface area (Å²) in [7, 11) is 0. The molecule has 2 aromatic heterocycles. The molecule has 0 saturated carbocycles. The first kappa shape index (κ1) is 16.9. The smallest absolute Gasteiger partial charge is 0.230 e. The van der Waals surface area contributed by atoms with Crippen LogP contribution in [-0.2, 0) is 11.2 Å². The summed E-state index contributed by atoms with van der Waals surface area (Å²) in [5.74, 6) is -0.371. The van der Waals surface area contributed by atoms with E-state index >= 15 is 0 Å². The Morgan fingerprint density at radius 2 is 1.88 bits per heavy atom. The number of benzene rings is 2. The Kier molecular flexibility index (Phi) is 4.57. The van der Waals surface area contributed by atoms with Gasteiger partial charge in [0.2, 0.25) is 5.91 Å². The first-order chi connectivity index (χ1) is 12.6. The monoisotopic (exact) mass is 429 g/mol. The summed E-state index contributed by atoms with van der Waals surface area (Å²) < 4.78 is 16.0. The summed E-state index contributed by atoms with van der Waals surface area (Å²) in [6, 6.07) is 13.7. The minimum atomic E-state index is -0.278. The summed E-state index contributed by atoms with van der Waals surface area (Å²) in [4.78, 5) is 17.7. The van der Waals surface area contributed by atoms with Crippen molar-refractivity contribution in [2.75, 3.05) is 5.32 Å². The fraction of sp³-hybridized carbons (Fsp3) is 0.0526. The lowest BCUT2D eigenvalue weighted by molar-refractivity contribution is -0.115. The number of imidazole rings is 1. The number of rotatable bonds is 4. The number of thiazole rings is 1. The van der Waals surface area contributed by atoms with Gasteiger partial charge in [0.1, 0.15) is 5.82 Å². The third-order valence-corrected chi connectivity index (χ3v) is 5.31. The fourth-order valence-corrected chi connectivity index (χ4v) is 3.76. The van der Waals surface area contributed by atoms with Gasteiger partial charge in [-0.1, -0.05) is 15.9 Å². The van der Waals surface area contributed by atoms with E-state index in [2.05, 4.69) is 26.2 Å². The Labute approximate surface area is 161 Å². The molecule has 7 heteroatoms. The van der Waals surface area contributed by atoms with E-state index in [1.54, 1.807) is 12.1 Å². The highest BCUT2D eigenvalue weighted by molar-refractivity contribution is 9.10. The quantitative estimate of drug-likeness (QED) is 0.487. The van der Waals surface area contributed by atoms with Gasteiger partial charge < -0.3 is 5.32 Å². The summed E-state index contributed by atoms with van der Waals surface area (Å²) in [5.41, 5.74) is 3.21. The van der Waals surface area contributed by atoms with Gasteiger partial charge in [0, 0.05) is 33.0 Å². The average Bonchev–Trinajstić information content (AvgIpc) is 3.20. The molecule has 130 valence electrons. The zero-order valence-electron chi connectivity index (χ0n) is 13.4. The fourth-order valence-electron chi connectivity index (χ4n) is 2.62. The van der Waals surface area contributed by atoms with Crippen molar-refractivity contribution in [2.24, 2.45) is 0 Å². The molecule has 0 unspecified atom stereocenters. The first-order valence-electron chi connectivity index (χ1n) is 7.85. The van der Waals surface area contributed by atoms with Crippen molar-refractivity contribution in [1.82, 2.24) is 9.38 Å². The van der Waals surface area contributed by atoms with Crippen LogP contribution in [0.2, 0.25) is 0 Å². The molecule has 2 heterocycles. The molecular weight excluding hydrogens is 417 g/mol. The lowest BCUT2D eigenvalue weighted by Gasteiger charge is -2.05. The van der Waals surface area contributed by atoms with E-state index in [0.717, 1.165) is 32.1 Å². The van der Waals surface area contributed by atoms with E-state index in [0.29, 0.717) is 0 Å². The maximum atomic E-state index is 13.1. The van der Waals surface area contributed by atoms with E-state index in [4.69, 9.17) is 0 Å². The average molecular weight is 430 g/mol. The molecule has 0 saturated heterocycles. The predicted molar refractivity (Wildman–Crippen MR) is 105 cm³/mol. The molecule has 26 heavy (non-hydrogen) atoms. The maximum absolute atomic E-state index is 13.1. The molecule has 0 aliphatic rings. The SMILES string of the molecule is O=C(Cc1csc2nc(-c3ccc(F)cc3)cn12)Nc1ccc(Br)cc1. The van der Waals surface area contributed by atoms with Crippen LogP contribution >= 0.6 is 27.3 Å². The van der Waals surface area contributed by atoms with Gasteiger partial charge in [-0.05, 0) is 48.5 Å². The molecule has 2 aromatic carbocycles. The molecular formula is C19H13BrFN3OS. The lowest BCUT2D eigenvalue weighted by Crippen LogP contribution is -2.15. The second-order valence-corrected chi connectivity index (χ2v) is 7.50. The lowest BCUT2D eigenvalue weighted by atomic mass is 10.2. The third kappa shape index (κ3) is 3.54. The molecule has 4 nitrogen and oxygen atoms in total. The highest BCUT2D eigenvalue weighted by Gasteiger charge is 2.13. The molecule has 0 aliphatic carbocycles. The Morgan fingerprint density at radius 3 is 2.62 bits per heavy atom. The normalized spacial score (nSPS) is 11.0. The van der Waals surface area contributed by atoms with Crippen LogP contribution in [0, 0.1) is 5.82 Å². The van der Waals surface area contributed by atoms with E-state index in [9.17, 15) is 9.18 Å². The van der Waals surface area contributed by atoms with E-state index in [1.165, 1.54) is 23.5 Å². The first-order valence-corrected chi connectivity index (χ1v) is 9.52. The van der Waals surface area contributed by atoms with Crippen molar-refractivity contribution < 1.29 is 9.18 Å². The minimum Gasteiger partial charge on any atom is -0.326 e. The summed E-state index contributed by atoms with van der Waals surface area (Å²) in [6.07, 6.45) is 2.12. The van der Waals surface area contributed by atoms with Crippen molar-refractivity contribution in [3.63, 3.8) is 0 Å². The standard InChI is InChI=1S/C19H13BrFN3OS/c20-13-3-7-15(8-4-13)22-18(25)9-16-11-26-19-23-17(10-24(16)19)12-1-5-14(21)6-2-12/h1-8,10-11H,9H2,(H,22,25). The van der Waals surface area contributed by atoms with Gasteiger partial charge >= 0.3 is 0 Å². The van der Waals surface area contributed by atoms with Crippen LogP contribution in [0.5, 0.6) is 0 Å². The number of aromatic nitrogens is 2. The summed E-state index contributed by atoms with van der Waals surface area (Å²) in [5, 5.41) is 4.81. The summed E-state index contributed by atoms with van der Waals surface area (Å²) in [6.45, 7) is 0. The van der Waals surface area contributed by atoms with Crippen LogP contribution in [0.1, 0.15) is 5.69 Å². The molecule has 1 N–H and O–H groups in total. The number of carbonyl (C=O) groups is 1. The highest BCUT2D eigenvalue weighted by atomic mass is 79.9. The number of anilines is 1. The zero-order valence-corrected chi connectivity index (χ0v) is 15.8. The molecule has 0 spiro atoms. The van der Waals surface area contributed by atoms with Crippen LogP contribution < -0.4 is 5.32 Å². The van der Waals surface area contributed by atoms with Gasteiger partial charge in [0.05, 0.1) is 12.1 Å². The second kappa shape index (κ2) is 7.01. The number of halogens is 2. The van der Waals surface area contributed by atoms with Gasteiger partial charge in [-0.25, -0.2) is 9.37 Å². The topological polar surface area (TPSA) is 46.4 Å². The van der Waals surface area contributed by atoms with Crippen molar-refractivity contribution >= 4 is 43.8 Å². The highest BCUT2D eigenvalue weighted by Crippen LogP contribution is 2.24. The number of carbonyl (C=O) groups excluding carboxylic acids is 1.